The molecule has 1 aliphatic heterocycles. The Morgan fingerprint density at radius 3 is 2.29 bits per heavy atom. The maximum atomic E-state index is 10.2. The molecule has 0 aromatic carbocycles. The van der Waals surface area contributed by atoms with Crippen LogP contribution < -0.4 is 8.19 Å². The minimum atomic E-state index is -5.88. The number of ether oxygens (including phenoxy) is 1. The number of hydrogen-bond donors (Lipinski definition) is 3. The van der Waals surface area contributed by atoms with Gasteiger partial charge in [0.1, 0.15) is 0 Å². The first-order valence-electron chi connectivity index (χ1n) is 3.68. The van der Waals surface area contributed by atoms with Gasteiger partial charge in [-0.05, 0) is 0 Å². The quantitative estimate of drug-likeness (QED) is 0.433. The summed E-state index contributed by atoms with van der Waals surface area (Å²) in [6.07, 6.45) is -6.03. The van der Waals surface area contributed by atoms with Crippen molar-refractivity contribution in [3.63, 3.8) is 0 Å². The molecule has 14 heavy (non-hydrogen) atoms. The Hall–Kier alpha value is 0.0784. The number of aliphatic hydroxyl groups excluding tert-OH is 3. The van der Waals surface area contributed by atoms with Crippen molar-refractivity contribution in [1.29, 1.82) is 0 Å². The fourth-order valence-corrected chi connectivity index (χ4v) is 1.98. The molecule has 0 bridgehead atoms. The molecule has 0 aliphatic carbocycles. The molecule has 8 nitrogen and oxygen atoms in total. The van der Waals surface area contributed by atoms with Crippen molar-refractivity contribution in [1.82, 2.24) is 0 Å². The molecule has 0 aromatic heterocycles. The van der Waals surface area contributed by atoms with E-state index in [9.17, 15) is 11.9 Å². The second-order valence-electron chi connectivity index (χ2n) is 2.76. The summed E-state index contributed by atoms with van der Waals surface area (Å²) in [5.41, 5.74) is 0. The first-order valence-corrected chi connectivity index (χ1v) is 6.74. The van der Waals surface area contributed by atoms with E-state index in [0.717, 1.165) is 0 Å². The van der Waals surface area contributed by atoms with Crippen molar-refractivity contribution in [2.75, 3.05) is 6.61 Å². The summed E-state index contributed by atoms with van der Waals surface area (Å²) in [4.78, 5) is 0. The summed E-state index contributed by atoms with van der Waals surface area (Å²) < 4.78 is 39.1. The topological polar surface area (TPSA) is 142 Å². The molecule has 0 spiro atoms. The summed E-state index contributed by atoms with van der Waals surface area (Å²) in [6, 6.07) is 0. The third-order valence-corrected chi connectivity index (χ3v) is 2.71. The van der Waals surface area contributed by atoms with Crippen molar-refractivity contribution < 1.29 is 35.7 Å². The SMILES string of the molecule is O=[As]([O-])([O-])O[C@H]1O[C@H](CO)[C@@H](O)[C@H]1O. The van der Waals surface area contributed by atoms with E-state index in [1.165, 1.54) is 0 Å². The van der Waals surface area contributed by atoms with E-state index in [-0.39, 0.29) is 0 Å². The van der Waals surface area contributed by atoms with Gasteiger partial charge in [-0.25, -0.2) is 0 Å². The van der Waals surface area contributed by atoms with Crippen molar-refractivity contribution in [3.05, 3.63) is 0 Å². The molecule has 84 valence electrons. The van der Waals surface area contributed by atoms with Crippen LogP contribution in [-0.4, -0.2) is 61.0 Å². The fourth-order valence-electron chi connectivity index (χ4n) is 1.08. The van der Waals surface area contributed by atoms with Gasteiger partial charge in [-0.2, -0.15) is 0 Å². The second-order valence-corrected chi connectivity index (χ2v) is 5.08. The number of rotatable bonds is 3. The summed E-state index contributed by atoms with van der Waals surface area (Å²) in [5.74, 6) is 0. The average molecular weight is 272 g/mol. The van der Waals surface area contributed by atoms with Crippen LogP contribution in [0.3, 0.4) is 0 Å². The normalized spacial score (nSPS) is 38.9. The van der Waals surface area contributed by atoms with Crippen LogP contribution in [-0.2, 0) is 12.2 Å². The van der Waals surface area contributed by atoms with Crippen LogP contribution >= 0.6 is 0 Å². The third-order valence-electron chi connectivity index (χ3n) is 1.73. The summed E-state index contributed by atoms with van der Waals surface area (Å²) in [6.45, 7) is -0.618. The Balaban J connectivity index is 2.61. The molecule has 0 radical (unpaired) electrons. The van der Waals surface area contributed by atoms with Gasteiger partial charge in [-0.3, -0.25) is 0 Å². The maximum absolute atomic E-state index is 10.2. The molecule has 0 amide bonds. The van der Waals surface area contributed by atoms with Gasteiger partial charge in [0, 0.05) is 0 Å². The van der Waals surface area contributed by atoms with Crippen LogP contribution in [0.5, 0.6) is 0 Å². The van der Waals surface area contributed by atoms with E-state index in [1.807, 2.05) is 0 Å². The van der Waals surface area contributed by atoms with Gasteiger partial charge >= 0.3 is 81.4 Å². The molecule has 1 heterocycles. The zero-order valence-corrected chi connectivity index (χ0v) is 8.72. The average Bonchev–Trinajstić information content (AvgIpc) is 2.30. The molecule has 1 saturated heterocycles. The molecular formula is C5H9AsO8-2. The van der Waals surface area contributed by atoms with E-state index < -0.39 is 45.7 Å². The van der Waals surface area contributed by atoms with Crippen LogP contribution in [0.4, 0.5) is 0 Å². The van der Waals surface area contributed by atoms with Crippen LogP contribution in [0.25, 0.3) is 0 Å². The first kappa shape index (κ1) is 12.1. The van der Waals surface area contributed by atoms with Gasteiger partial charge in [0.25, 0.3) is 0 Å². The van der Waals surface area contributed by atoms with Crippen LogP contribution in [0, 0.1) is 0 Å². The first-order chi connectivity index (χ1) is 6.35. The van der Waals surface area contributed by atoms with Crippen LogP contribution in [0.2, 0.25) is 0 Å². The Labute approximate surface area is 82.0 Å². The van der Waals surface area contributed by atoms with Gasteiger partial charge in [0.05, 0.1) is 0 Å². The van der Waals surface area contributed by atoms with Gasteiger partial charge in [0.15, 0.2) is 0 Å². The summed E-state index contributed by atoms with van der Waals surface area (Å²) >= 11 is -5.88. The Morgan fingerprint density at radius 2 is 1.93 bits per heavy atom. The Kier molecular flexibility index (Phi) is 3.73. The van der Waals surface area contributed by atoms with Crippen LogP contribution in [0.1, 0.15) is 0 Å². The predicted molar refractivity (Wildman–Crippen MR) is 35.3 cm³/mol. The molecule has 0 saturated carbocycles. The Morgan fingerprint density at radius 1 is 1.36 bits per heavy atom. The molecule has 0 aromatic rings. The second kappa shape index (κ2) is 4.29. The zero-order valence-electron chi connectivity index (χ0n) is 6.85. The van der Waals surface area contributed by atoms with Crippen molar-refractivity contribution >= 4 is 14.5 Å². The summed E-state index contributed by atoms with van der Waals surface area (Å²) in [7, 11) is 0. The zero-order chi connectivity index (χ0) is 10.9. The van der Waals surface area contributed by atoms with E-state index in [1.54, 1.807) is 0 Å². The van der Waals surface area contributed by atoms with Crippen molar-refractivity contribution in [2.24, 2.45) is 0 Å². The fraction of sp³-hybridized carbons (Fsp3) is 1.00. The monoisotopic (exact) mass is 272 g/mol. The number of aliphatic hydroxyl groups is 3. The van der Waals surface area contributed by atoms with E-state index >= 15 is 0 Å². The third kappa shape index (κ3) is 2.78. The van der Waals surface area contributed by atoms with Gasteiger partial charge in [-0.15, -0.1) is 0 Å². The van der Waals surface area contributed by atoms with Gasteiger partial charge < -0.3 is 0 Å². The molecule has 9 heteroatoms. The molecular weight excluding hydrogens is 263 g/mol. The minimum absolute atomic E-state index is 0.618. The molecule has 4 atom stereocenters. The number of hydrogen-bond acceptors (Lipinski definition) is 8. The molecule has 1 aliphatic rings. The predicted octanol–water partition coefficient (Wildman–Crippen LogP) is -4.97. The van der Waals surface area contributed by atoms with E-state index in [0.29, 0.717) is 0 Å². The molecule has 3 N–H and O–H groups in total. The standard InChI is InChI=1S/C5H11AsO8/c7-1-2-3(8)4(9)5(13-2)14-6(10,11)12/h2-5,7-9H,1H2,(H2,10,11,12)/p-2/t2-,3-,4-,5-/m1/s1. The Bertz CT molecular complexity index is 238. The van der Waals surface area contributed by atoms with Crippen molar-refractivity contribution in [2.45, 2.75) is 24.6 Å². The van der Waals surface area contributed by atoms with Crippen LogP contribution in [0.15, 0.2) is 0 Å². The van der Waals surface area contributed by atoms with Crippen molar-refractivity contribution in [3.8, 4) is 0 Å². The molecule has 0 unspecified atom stereocenters. The van der Waals surface area contributed by atoms with E-state index in [2.05, 4.69) is 8.46 Å². The van der Waals surface area contributed by atoms with Gasteiger partial charge in [0.2, 0.25) is 0 Å². The van der Waals surface area contributed by atoms with Gasteiger partial charge in [-0.1, -0.05) is 0 Å². The molecule has 1 rings (SSSR count). The molecule has 1 fully saturated rings. The van der Waals surface area contributed by atoms with E-state index in [4.69, 9.17) is 15.3 Å². The summed E-state index contributed by atoms with van der Waals surface area (Å²) in [5, 5.41) is 26.8.